The predicted octanol–water partition coefficient (Wildman–Crippen LogP) is 1.19. The molecular weight excluding hydrogens is 258 g/mol. The number of hydrogen-bond acceptors (Lipinski definition) is 5. The van der Waals surface area contributed by atoms with Gasteiger partial charge in [0.2, 0.25) is 0 Å². The van der Waals surface area contributed by atoms with E-state index in [0.717, 1.165) is 38.6 Å². The third-order valence-corrected chi connectivity index (χ3v) is 4.48. The van der Waals surface area contributed by atoms with Gasteiger partial charge in [-0.25, -0.2) is 0 Å². The number of likely N-dealkylation sites (tertiary alicyclic amines) is 1. The number of ether oxygens (including phenoxy) is 2. The molecule has 0 radical (unpaired) electrons. The number of β-amino-alcohol motifs (C(OH)–C–C–N with tert-alkyl or cyclic N) is 1. The fraction of sp³-hybridized carbons (Fsp3) is 0.933. The van der Waals surface area contributed by atoms with E-state index >= 15 is 0 Å². The molecule has 0 aromatic carbocycles. The Morgan fingerprint density at radius 3 is 2.55 bits per heavy atom. The maximum Gasteiger partial charge on any atom is 0.308 e. The van der Waals surface area contributed by atoms with E-state index in [1.165, 1.54) is 0 Å². The van der Waals surface area contributed by atoms with Gasteiger partial charge >= 0.3 is 5.97 Å². The molecule has 0 amide bonds. The number of aliphatic hydroxyl groups excluding tert-OH is 1. The molecule has 1 saturated carbocycles. The molecule has 0 aromatic rings. The smallest absolute Gasteiger partial charge is 0.308 e. The van der Waals surface area contributed by atoms with Crippen LogP contribution in [0.3, 0.4) is 0 Å². The molecule has 1 aliphatic carbocycles. The van der Waals surface area contributed by atoms with E-state index in [2.05, 4.69) is 4.90 Å². The highest BCUT2D eigenvalue weighted by atomic mass is 16.5. The van der Waals surface area contributed by atoms with E-state index in [4.69, 9.17) is 9.47 Å². The number of likely N-dealkylation sites (N-methyl/N-ethyl adjacent to an activating group) is 1. The summed E-state index contributed by atoms with van der Waals surface area (Å²) < 4.78 is 11.0. The van der Waals surface area contributed by atoms with Crippen molar-refractivity contribution >= 4 is 5.97 Å². The lowest BCUT2D eigenvalue weighted by molar-refractivity contribution is -0.150. The molecule has 5 nitrogen and oxygen atoms in total. The Morgan fingerprint density at radius 1 is 1.30 bits per heavy atom. The summed E-state index contributed by atoms with van der Waals surface area (Å²) in [4.78, 5) is 13.8. The topological polar surface area (TPSA) is 59.0 Å². The van der Waals surface area contributed by atoms with Crippen LogP contribution in [0.25, 0.3) is 0 Å². The van der Waals surface area contributed by atoms with Crippen LogP contribution in [-0.2, 0) is 14.3 Å². The minimum Gasteiger partial charge on any atom is -0.466 e. The minimum atomic E-state index is -0.215. The SMILES string of the molecule is CCOC(=O)[C@H]1CC[C@H](OC[C@@H]2C[C@@H](O)CN2C)CC1. The van der Waals surface area contributed by atoms with Crippen LogP contribution in [0.4, 0.5) is 0 Å². The second-order valence-electron chi connectivity index (χ2n) is 6.04. The fourth-order valence-electron chi connectivity index (χ4n) is 3.22. The molecule has 2 atom stereocenters. The highest BCUT2D eigenvalue weighted by Gasteiger charge is 2.31. The Bertz CT molecular complexity index is 315. The third kappa shape index (κ3) is 4.17. The monoisotopic (exact) mass is 285 g/mol. The highest BCUT2D eigenvalue weighted by molar-refractivity contribution is 5.72. The van der Waals surface area contributed by atoms with Crippen LogP contribution in [0, 0.1) is 5.92 Å². The van der Waals surface area contributed by atoms with Crippen molar-refractivity contribution in [3.63, 3.8) is 0 Å². The summed E-state index contributed by atoms with van der Waals surface area (Å²) in [6, 6.07) is 0.327. The van der Waals surface area contributed by atoms with Gasteiger partial charge in [0, 0.05) is 12.6 Å². The molecular formula is C15H27NO4. The van der Waals surface area contributed by atoms with Crippen molar-refractivity contribution in [1.29, 1.82) is 0 Å². The number of rotatable bonds is 5. The quantitative estimate of drug-likeness (QED) is 0.769. The minimum absolute atomic E-state index is 0.0513. The highest BCUT2D eigenvalue weighted by Crippen LogP contribution is 2.28. The summed E-state index contributed by atoms with van der Waals surface area (Å²) in [6.45, 7) is 3.73. The molecule has 2 rings (SSSR count). The van der Waals surface area contributed by atoms with E-state index in [0.29, 0.717) is 19.3 Å². The van der Waals surface area contributed by atoms with Crippen LogP contribution < -0.4 is 0 Å². The lowest BCUT2D eigenvalue weighted by atomic mass is 9.87. The summed E-state index contributed by atoms with van der Waals surface area (Å²) >= 11 is 0. The second-order valence-corrected chi connectivity index (χ2v) is 6.04. The van der Waals surface area contributed by atoms with E-state index in [1.807, 2.05) is 14.0 Å². The van der Waals surface area contributed by atoms with Crippen LogP contribution >= 0.6 is 0 Å². The fourth-order valence-corrected chi connectivity index (χ4v) is 3.22. The summed E-state index contributed by atoms with van der Waals surface area (Å²) in [6.07, 6.45) is 4.44. The van der Waals surface area contributed by atoms with Crippen molar-refractivity contribution in [2.75, 3.05) is 26.8 Å². The number of hydrogen-bond donors (Lipinski definition) is 1. The normalized spacial score (nSPS) is 35.1. The zero-order valence-corrected chi connectivity index (χ0v) is 12.6. The molecule has 1 aliphatic heterocycles. The maximum absolute atomic E-state index is 11.7. The lowest BCUT2D eigenvalue weighted by Crippen LogP contribution is -2.33. The van der Waals surface area contributed by atoms with Gasteiger partial charge in [-0.2, -0.15) is 0 Å². The molecule has 1 saturated heterocycles. The van der Waals surface area contributed by atoms with Crippen molar-refractivity contribution in [3.8, 4) is 0 Å². The summed E-state index contributed by atoms with van der Waals surface area (Å²) in [5.74, 6) is 0.00961. The molecule has 5 heteroatoms. The van der Waals surface area contributed by atoms with E-state index < -0.39 is 0 Å². The zero-order valence-electron chi connectivity index (χ0n) is 12.6. The van der Waals surface area contributed by atoms with Gasteiger partial charge in [-0.3, -0.25) is 9.69 Å². The molecule has 0 spiro atoms. The maximum atomic E-state index is 11.7. The van der Waals surface area contributed by atoms with Crippen LogP contribution in [0.2, 0.25) is 0 Å². The van der Waals surface area contributed by atoms with Crippen LogP contribution in [0.5, 0.6) is 0 Å². The molecule has 2 aliphatic rings. The van der Waals surface area contributed by atoms with E-state index in [-0.39, 0.29) is 24.1 Å². The molecule has 1 heterocycles. The van der Waals surface area contributed by atoms with Crippen LogP contribution in [-0.4, -0.2) is 61.0 Å². The Morgan fingerprint density at radius 2 is 2.00 bits per heavy atom. The third-order valence-electron chi connectivity index (χ3n) is 4.48. The van der Waals surface area contributed by atoms with E-state index in [1.54, 1.807) is 0 Å². The van der Waals surface area contributed by atoms with Gasteiger partial charge < -0.3 is 14.6 Å². The van der Waals surface area contributed by atoms with Gasteiger partial charge in [-0.05, 0) is 46.1 Å². The molecule has 0 bridgehead atoms. The van der Waals surface area contributed by atoms with Crippen molar-refractivity contribution in [1.82, 2.24) is 4.90 Å². The van der Waals surface area contributed by atoms with Gasteiger partial charge in [0.25, 0.3) is 0 Å². The number of carbonyl (C=O) groups is 1. The molecule has 116 valence electrons. The van der Waals surface area contributed by atoms with Gasteiger partial charge in [-0.1, -0.05) is 0 Å². The first kappa shape index (κ1) is 15.7. The first-order chi connectivity index (χ1) is 9.60. The van der Waals surface area contributed by atoms with Crippen molar-refractivity contribution in [3.05, 3.63) is 0 Å². The van der Waals surface area contributed by atoms with Gasteiger partial charge in [0.15, 0.2) is 0 Å². The number of nitrogens with zero attached hydrogens (tertiary/aromatic N) is 1. The van der Waals surface area contributed by atoms with Gasteiger partial charge in [0.05, 0.1) is 31.3 Å². The summed E-state index contributed by atoms with van der Waals surface area (Å²) in [5, 5.41) is 9.60. The van der Waals surface area contributed by atoms with Crippen molar-refractivity contribution in [2.45, 2.75) is 57.3 Å². The second kappa shape index (κ2) is 7.38. The first-order valence-electron chi connectivity index (χ1n) is 7.76. The van der Waals surface area contributed by atoms with Crippen molar-refractivity contribution < 1.29 is 19.4 Å². The zero-order chi connectivity index (χ0) is 14.5. The molecule has 20 heavy (non-hydrogen) atoms. The van der Waals surface area contributed by atoms with E-state index in [9.17, 15) is 9.90 Å². The summed E-state index contributed by atoms with van der Waals surface area (Å²) in [5.41, 5.74) is 0. The molecule has 0 aromatic heterocycles. The molecule has 1 N–H and O–H groups in total. The first-order valence-corrected chi connectivity index (χ1v) is 7.76. The van der Waals surface area contributed by atoms with Crippen LogP contribution in [0.1, 0.15) is 39.0 Å². The Balaban J connectivity index is 1.66. The lowest BCUT2D eigenvalue weighted by Gasteiger charge is -2.29. The summed E-state index contributed by atoms with van der Waals surface area (Å²) in [7, 11) is 2.03. The number of esters is 1. The largest absolute Gasteiger partial charge is 0.466 e. The Hall–Kier alpha value is -0.650. The molecule has 0 unspecified atom stereocenters. The van der Waals surface area contributed by atoms with Gasteiger partial charge in [0.1, 0.15) is 0 Å². The van der Waals surface area contributed by atoms with Gasteiger partial charge in [-0.15, -0.1) is 0 Å². The Kier molecular flexibility index (Phi) is 5.81. The number of aliphatic hydroxyl groups is 1. The average molecular weight is 285 g/mol. The number of carbonyl (C=O) groups excluding carboxylic acids is 1. The standard InChI is InChI=1S/C15H27NO4/c1-3-19-15(18)11-4-6-14(7-5-11)20-10-12-8-13(17)9-16(12)2/h11-14,17H,3-10H2,1-2H3/t11-,12-,13+,14-/m0/s1. The average Bonchev–Trinajstić information content (AvgIpc) is 2.75. The predicted molar refractivity (Wildman–Crippen MR) is 75.4 cm³/mol. The Labute approximate surface area is 121 Å². The van der Waals surface area contributed by atoms with Crippen molar-refractivity contribution in [2.24, 2.45) is 5.92 Å². The van der Waals surface area contributed by atoms with Crippen LogP contribution in [0.15, 0.2) is 0 Å². The molecule has 2 fully saturated rings.